The number of halogens is 1. The zero-order valence-electron chi connectivity index (χ0n) is 34.0. The lowest BCUT2D eigenvalue weighted by molar-refractivity contribution is -0.102. The number of anilines is 1. The first-order valence-corrected chi connectivity index (χ1v) is 23.0. The molecule has 8 rings (SSSR count). The number of fused-ring (bicyclic) bond motifs is 5. The van der Waals surface area contributed by atoms with E-state index in [9.17, 15) is 13.2 Å². The van der Waals surface area contributed by atoms with Crippen molar-refractivity contribution in [3.63, 3.8) is 0 Å². The van der Waals surface area contributed by atoms with Gasteiger partial charge in [-0.25, -0.2) is 13.1 Å². The highest BCUT2D eigenvalue weighted by atomic mass is 35.5. The summed E-state index contributed by atoms with van der Waals surface area (Å²) >= 11 is 6.53. The van der Waals surface area contributed by atoms with E-state index in [0.717, 1.165) is 107 Å². The Morgan fingerprint density at radius 3 is 2.62 bits per heavy atom. The number of ether oxygens (including phenoxy) is 2. The van der Waals surface area contributed by atoms with E-state index in [0.29, 0.717) is 36.6 Å². The van der Waals surface area contributed by atoms with Gasteiger partial charge in [-0.05, 0) is 119 Å². The fourth-order valence-corrected chi connectivity index (χ4v) is 12.3. The van der Waals surface area contributed by atoms with E-state index in [-0.39, 0.29) is 17.3 Å². The van der Waals surface area contributed by atoms with Crippen LogP contribution in [0.4, 0.5) is 5.69 Å². The molecule has 0 aromatic heterocycles. The number of aryl methyl sites for hydroxylation is 1. The van der Waals surface area contributed by atoms with Crippen LogP contribution in [0, 0.1) is 17.8 Å². The minimum Gasteiger partial charge on any atom is -0.490 e. The van der Waals surface area contributed by atoms with Crippen LogP contribution in [0.5, 0.6) is 5.75 Å². The standard InChI is InChI=1S/C44H62ClN5O5S/c1-30(2)49-21-20-48-19-18-47(25-37(48)26-49)28-44(54-5)17-6-8-31(3)32(4)56(52,53)46-42(51)34-11-15-41-40(23-34)50(24-35-10-13-39(35)44)27-43(29-55-41)16-7-9-33-22-36(45)12-14-38(33)43/h6,11-12,14-15,17,22-23,30-32,35,37,39H,7-10,13,16,18-21,24-29H2,1-5H3,(H,46,51)/b17-6+/t31-,32+,35-,37-,39+,43-,44+/m0/s1. The van der Waals surface area contributed by atoms with Gasteiger partial charge in [0.1, 0.15) is 11.4 Å². The van der Waals surface area contributed by atoms with Gasteiger partial charge < -0.3 is 14.4 Å². The van der Waals surface area contributed by atoms with Crippen LogP contribution in [0.1, 0.15) is 81.3 Å². The van der Waals surface area contributed by atoms with E-state index in [1.54, 1.807) is 13.0 Å². The third-order valence-electron chi connectivity index (χ3n) is 14.6. The van der Waals surface area contributed by atoms with Crippen LogP contribution < -0.4 is 14.4 Å². The molecule has 2 saturated heterocycles. The van der Waals surface area contributed by atoms with Gasteiger partial charge in [-0.3, -0.25) is 19.5 Å². The molecule has 10 nitrogen and oxygen atoms in total. The van der Waals surface area contributed by atoms with Gasteiger partial charge >= 0.3 is 0 Å². The number of piperazine rings is 2. The fraction of sp³-hybridized carbons (Fsp3) is 0.659. The van der Waals surface area contributed by atoms with Gasteiger partial charge in [-0.2, -0.15) is 0 Å². The van der Waals surface area contributed by atoms with E-state index < -0.39 is 26.8 Å². The van der Waals surface area contributed by atoms with Crippen LogP contribution in [0.25, 0.3) is 0 Å². The molecule has 1 spiro atoms. The van der Waals surface area contributed by atoms with Crippen LogP contribution in [0.15, 0.2) is 48.6 Å². The Balaban J connectivity index is 1.17. The van der Waals surface area contributed by atoms with E-state index >= 15 is 0 Å². The van der Waals surface area contributed by atoms with Gasteiger partial charge in [0.05, 0.1) is 17.5 Å². The summed E-state index contributed by atoms with van der Waals surface area (Å²) in [6, 6.07) is 12.7. The average Bonchev–Trinajstić information content (AvgIpc) is 3.31. The molecule has 2 bridgehead atoms. The maximum Gasteiger partial charge on any atom is 0.264 e. The monoisotopic (exact) mass is 807 g/mol. The number of amides is 1. The van der Waals surface area contributed by atoms with Crippen molar-refractivity contribution in [3.8, 4) is 5.75 Å². The Morgan fingerprint density at radius 1 is 1.04 bits per heavy atom. The molecule has 1 N–H and O–H groups in total. The molecule has 0 radical (unpaired) electrons. The summed E-state index contributed by atoms with van der Waals surface area (Å²) < 4.78 is 43.4. The lowest BCUT2D eigenvalue weighted by Gasteiger charge is -2.54. The predicted octanol–water partition coefficient (Wildman–Crippen LogP) is 5.98. The van der Waals surface area contributed by atoms with Crippen molar-refractivity contribution in [2.45, 2.75) is 94.6 Å². The van der Waals surface area contributed by atoms with Crippen LogP contribution in [0.2, 0.25) is 5.02 Å². The van der Waals surface area contributed by atoms with Crippen molar-refractivity contribution < 1.29 is 22.7 Å². The number of carbonyl (C=O) groups is 1. The number of nitrogens with zero attached hydrogens (tertiary/aromatic N) is 4. The first kappa shape index (κ1) is 40.1. The predicted molar refractivity (Wildman–Crippen MR) is 223 cm³/mol. The van der Waals surface area contributed by atoms with Gasteiger partial charge in [0.15, 0.2) is 0 Å². The molecule has 0 unspecified atom stereocenters. The van der Waals surface area contributed by atoms with Crippen molar-refractivity contribution in [2.75, 3.05) is 77.5 Å². The number of benzene rings is 2. The molecule has 306 valence electrons. The first-order valence-electron chi connectivity index (χ1n) is 21.1. The third-order valence-corrected chi connectivity index (χ3v) is 16.8. The summed E-state index contributed by atoms with van der Waals surface area (Å²) in [6.45, 7) is 17.5. The van der Waals surface area contributed by atoms with Gasteiger partial charge in [0.25, 0.3) is 5.91 Å². The van der Waals surface area contributed by atoms with Crippen molar-refractivity contribution in [1.82, 2.24) is 19.4 Å². The van der Waals surface area contributed by atoms with Crippen molar-refractivity contribution >= 4 is 33.2 Å². The largest absolute Gasteiger partial charge is 0.490 e. The maximum absolute atomic E-state index is 13.7. The molecule has 4 aliphatic heterocycles. The van der Waals surface area contributed by atoms with E-state index in [1.807, 2.05) is 32.2 Å². The van der Waals surface area contributed by atoms with Crippen LogP contribution >= 0.6 is 11.6 Å². The highest BCUT2D eigenvalue weighted by Gasteiger charge is 2.50. The Kier molecular flexibility index (Phi) is 11.3. The number of hydrogen-bond donors (Lipinski definition) is 1. The summed E-state index contributed by atoms with van der Waals surface area (Å²) in [7, 11) is -2.08. The Hall–Kier alpha value is -2.67. The Morgan fingerprint density at radius 2 is 1.86 bits per heavy atom. The molecule has 1 amide bonds. The molecule has 6 aliphatic rings. The molecule has 56 heavy (non-hydrogen) atoms. The minimum atomic E-state index is -3.96. The second kappa shape index (κ2) is 15.8. The lowest BCUT2D eigenvalue weighted by atomic mass is 9.63. The number of rotatable bonds is 4. The normalized spacial score (nSPS) is 34.7. The second-order valence-electron chi connectivity index (χ2n) is 18.2. The fourth-order valence-electron chi connectivity index (χ4n) is 10.8. The maximum atomic E-state index is 13.7. The number of hydrogen-bond acceptors (Lipinski definition) is 9. The summed E-state index contributed by atoms with van der Waals surface area (Å²) in [5.41, 5.74) is 2.92. The van der Waals surface area contributed by atoms with Crippen molar-refractivity contribution in [1.29, 1.82) is 0 Å². The lowest BCUT2D eigenvalue weighted by Crippen LogP contribution is -2.65. The number of methoxy groups -OCH3 is 1. The quantitative estimate of drug-likeness (QED) is 0.375. The highest BCUT2D eigenvalue weighted by Crippen LogP contribution is 2.49. The summed E-state index contributed by atoms with van der Waals surface area (Å²) in [5.74, 6) is 0.493. The van der Waals surface area contributed by atoms with Gasteiger partial charge in [0.2, 0.25) is 10.0 Å². The number of carbonyl (C=O) groups excluding carboxylic acids is 1. The molecule has 7 atom stereocenters. The first-order chi connectivity index (χ1) is 26.8. The zero-order valence-corrected chi connectivity index (χ0v) is 35.6. The second-order valence-corrected chi connectivity index (χ2v) is 20.7. The molecule has 2 aromatic rings. The van der Waals surface area contributed by atoms with Crippen LogP contribution in [-0.4, -0.2) is 125 Å². The third kappa shape index (κ3) is 7.65. The molecule has 3 fully saturated rings. The Labute approximate surface area is 339 Å². The molecule has 2 aromatic carbocycles. The number of sulfonamides is 1. The van der Waals surface area contributed by atoms with Gasteiger partial charge in [-0.1, -0.05) is 36.7 Å². The molecular formula is C44H62ClN5O5S. The van der Waals surface area contributed by atoms with Crippen molar-refractivity contribution in [3.05, 3.63) is 70.3 Å². The van der Waals surface area contributed by atoms with E-state index in [4.69, 9.17) is 21.1 Å². The molecule has 1 saturated carbocycles. The Bertz CT molecular complexity index is 1930. The van der Waals surface area contributed by atoms with Crippen LogP contribution in [-0.2, 0) is 26.6 Å². The van der Waals surface area contributed by atoms with Gasteiger partial charge in [-0.15, -0.1) is 0 Å². The van der Waals surface area contributed by atoms with E-state index in [1.165, 1.54) is 11.1 Å². The molecule has 12 heteroatoms. The zero-order chi connectivity index (χ0) is 39.4. The molecular weight excluding hydrogens is 746 g/mol. The van der Waals surface area contributed by atoms with Gasteiger partial charge in [0, 0.05) is 94.1 Å². The smallest absolute Gasteiger partial charge is 0.264 e. The number of allylic oxidation sites excluding steroid dienone is 1. The molecule has 2 aliphatic carbocycles. The number of nitrogens with one attached hydrogen (secondary N) is 1. The van der Waals surface area contributed by atoms with Crippen molar-refractivity contribution in [2.24, 2.45) is 17.8 Å². The minimum absolute atomic E-state index is 0.218. The summed E-state index contributed by atoms with van der Waals surface area (Å²) in [5, 5.41) is -0.0255. The molecule has 4 heterocycles. The summed E-state index contributed by atoms with van der Waals surface area (Å²) in [4.78, 5) is 24.1. The SMILES string of the molecule is CO[C@@]1(CN2CCN3CCN(C(C)C)C[C@@H]3C2)/C=C/C[C@H](C)[C@@H](C)S(=O)(=O)NC(=O)c2ccc3c(c2)N(C[C@@H]2CC[C@H]21)C[C@@]1(CCCc2cc(Cl)ccc21)CO3. The van der Waals surface area contributed by atoms with Crippen LogP contribution in [0.3, 0.4) is 0 Å². The average molecular weight is 809 g/mol. The topological polar surface area (TPSA) is 94.7 Å². The van der Waals surface area contributed by atoms with E-state index in [2.05, 4.69) is 62.5 Å². The highest BCUT2D eigenvalue weighted by molar-refractivity contribution is 7.90. The summed E-state index contributed by atoms with van der Waals surface area (Å²) in [6.07, 6.45) is 10.2.